The van der Waals surface area contributed by atoms with Gasteiger partial charge >= 0.3 is 5.97 Å². The molecule has 248 valence electrons. The molecule has 5 aliphatic carbocycles. The third kappa shape index (κ3) is 4.21. The molecule has 0 unspecified atom stereocenters. The third-order valence-corrected chi connectivity index (χ3v) is 15.3. The Balaban J connectivity index is 1.29. The van der Waals surface area contributed by atoms with Crippen LogP contribution < -0.4 is 5.32 Å². The number of anilines is 1. The van der Waals surface area contributed by atoms with Crippen molar-refractivity contribution in [2.75, 3.05) is 12.4 Å². The lowest BCUT2D eigenvalue weighted by Crippen LogP contribution is -2.65. The van der Waals surface area contributed by atoms with Crippen LogP contribution in [0.15, 0.2) is 42.0 Å². The van der Waals surface area contributed by atoms with Gasteiger partial charge in [-0.2, -0.15) is 0 Å². The molecule has 1 aromatic carbocycles. The molecule has 0 saturated heterocycles. The predicted molar refractivity (Wildman–Crippen MR) is 185 cm³/mol. The molecular weight excluding hydrogens is 566 g/mol. The van der Waals surface area contributed by atoms with Crippen LogP contribution in [0.1, 0.15) is 116 Å². The van der Waals surface area contributed by atoms with Gasteiger partial charge in [-0.25, -0.2) is 9.97 Å². The van der Waals surface area contributed by atoms with E-state index < -0.39 is 5.41 Å². The summed E-state index contributed by atoms with van der Waals surface area (Å²) in [6, 6.07) is 10.2. The highest BCUT2D eigenvalue weighted by atomic mass is 16.5. The van der Waals surface area contributed by atoms with E-state index in [-0.39, 0.29) is 33.5 Å². The summed E-state index contributed by atoms with van der Waals surface area (Å²) in [5.41, 5.74) is 5.16. The Morgan fingerprint density at radius 1 is 0.957 bits per heavy atom. The van der Waals surface area contributed by atoms with Gasteiger partial charge in [0.1, 0.15) is 18.2 Å². The molecule has 0 radical (unpaired) electrons. The topological polar surface area (TPSA) is 64.1 Å². The molecule has 1 heterocycles. The molecule has 0 bridgehead atoms. The smallest absolute Gasteiger partial charge is 0.313 e. The van der Waals surface area contributed by atoms with Gasteiger partial charge in [-0.1, -0.05) is 90.4 Å². The van der Waals surface area contributed by atoms with Crippen molar-refractivity contribution in [3.05, 3.63) is 64.6 Å². The number of carbonyl (C=O) groups excluding carboxylic acids is 1. The summed E-state index contributed by atoms with van der Waals surface area (Å²) in [5, 5.41) is 3.45. The van der Waals surface area contributed by atoms with Crippen LogP contribution in [0.2, 0.25) is 0 Å². The van der Waals surface area contributed by atoms with E-state index >= 15 is 0 Å². The summed E-state index contributed by atoms with van der Waals surface area (Å²) < 4.78 is 6.24. The Morgan fingerprint density at radius 2 is 1.70 bits per heavy atom. The Kier molecular flexibility index (Phi) is 7.39. The van der Waals surface area contributed by atoms with Gasteiger partial charge in [-0.05, 0) is 110 Å². The fraction of sp³-hybridized carbons (Fsp3) is 0.683. The first-order valence-electron chi connectivity index (χ1n) is 18.2. The number of benzene rings is 1. The van der Waals surface area contributed by atoms with Crippen LogP contribution in [0.3, 0.4) is 0 Å². The summed E-state index contributed by atoms with van der Waals surface area (Å²) in [7, 11) is 2.01. The molecule has 46 heavy (non-hydrogen) atoms. The van der Waals surface area contributed by atoms with Crippen molar-refractivity contribution < 1.29 is 9.53 Å². The molecule has 7 rings (SSSR count). The molecule has 0 aliphatic heterocycles. The first kappa shape index (κ1) is 31.9. The van der Waals surface area contributed by atoms with Gasteiger partial charge in [-0.3, -0.25) is 4.79 Å². The zero-order valence-electron chi connectivity index (χ0n) is 29.9. The second-order valence-corrected chi connectivity index (χ2v) is 17.5. The van der Waals surface area contributed by atoms with Crippen LogP contribution >= 0.6 is 0 Å². The summed E-state index contributed by atoms with van der Waals surface area (Å²) in [4.78, 5) is 24.4. The number of aryl methyl sites for hydroxylation is 1. The molecule has 9 atom stereocenters. The van der Waals surface area contributed by atoms with E-state index in [1.54, 1.807) is 5.57 Å². The van der Waals surface area contributed by atoms with Crippen molar-refractivity contribution >= 4 is 11.8 Å². The average molecular weight is 624 g/mol. The lowest BCUT2D eigenvalue weighted by atomic mass is 9.33. The van der Waals surface area contributed by atoms with Crippen molar-refractivity contribution in [3.8, 4) is 0 Å². The normalized spacial score (nSPS) is 40.6. The summed E-state index contributed by atoms with van der Waals surface area (Å²) >= 11 is 0. The molecule has 3 saturated carbocycles. The van der Waals surface area contributed by atoms with Crippen LogP contribution in [0.5, 0.6) is 0 Å². The van der Waals surface area contributed by atoms with E-state index in [2.05, 4.69) is 72.0 Å². The monoisotopic (exact) mass is 623 g/mol. The highest BCUT2D eigenvalue weighted by Gasteiger charge is 2.69. The number of nitrogens with zero attached hydrogens (tertiary/aromatic N) is 2. The quantitative estimate of drug-likeness (QED) is 0.272. The maximum absolute atomic E-state index is 14.4. The Morgan fingerprint density at radius 3 is 2.41 bits per heavy atom. The molecule has 0 amide bonds. The fourth-order valence-corrected chi connectivity index (χ4v) is 12.6. The maximum Gasteiger partial charge on any atom is 0.313 e. The van der Waals surface area contributed by atoms with Crippen LogP contribution in [-0.2, 0) is 28.0 Å². The number of allylic oxidation sites excluding steroid dienone is 2. The highest BCUT2D eigenvalue weighted by molar-refractivity contribution is 5.79. The van der Waals surface area contributed by atoms with Crippen LogP contribution in [0.25, 0.3) is 0 Å². The summed E-state index contributed by atoms with van der Waals surface area (Å²) in [6.45, 7) is 20.0. The SMILES string of the molecule is CNc1nc(C)nc2c1C[C@]1(C)[C@H]3CC=C4[C@@H]5[C@@H](C)[C@H](C)CC[C@]5(C(=O)OCc5ccccc5)CC[C@@]4(C)[C@]3(C)CC[C@H]1C2(C)C. The number of nitrogens with one attached hydrogen (secondary N) is 1. The van der Waals surface area contributed by atoms with E-state index in [4.69, 9.17) is 14.7 Å². The molecule has 0 spiro atoms. The molecule has 5 heteroatoms. The molecule has 1 N–H and O–H groups in total. The van der Waals surface area contributed by atoms with E-state index in [0.29, 0.717) is 30.3 Å². The lowest BCUT2D eigenvalue weighted by molar-refractivity contribution is -0.184. The molecule has 1 aromatic heterocycles. The molecule has 5 nitrogen and oxygen atoms in total. The largest absolute Gasteiger partial charge is 0.460 e. The van der Waals surface area contributed by atoms with Crippen molar-refractivity contribution in [2.24, 2.45) is 51.2 Å². The van der Waals surface area contributed by atoms with E-state index in [9.17, 15) is 4.79 Å². The zero-order valence-corrected chi connectivity index (χ0v) is 29.9. The molecule has 5 aliphatic rings. The number of hydrogen-bond acceptors (Lipinski definition) is 5. The molecule has 3 fully saturated rings. The molecular formula is C41H57N3O2. The number of fused-ring (bicyclic) bond motifs is 8. The number of ether oxygens (including phenoxy) is 1. The Hall–Kier alpha value is -2.69. The first-order valence-corrected chi connectivity index (χ1v) is 18.2. The first-order chi connectivity index (χ1) is 21.7. The van der Waals surface area contributed by atoms with Gasteiger partial charge in [0.15, 0.2) is 0 Å². The van der Waals surface area contributed by atoms with Crippen molar-refractivity contribution in [1.82, 2.24) is 9.97 Å². The number of esters is 1. The average Bonchev–Trinajstić information content (AvgIpc) is 3.02. The van der Waals surface area contributed by atoms with Crippen LogP contribution in [-0.4, -0.2) is 23.0 Å². The van der Waals surface area contributed by atoms with E-state index in [0.717, 1.165) is 55.7 Å². The van der Waals surface area contributed by atoms with Gasteiger partial charge in [0.2, 0.25) is 0 Å². The minimum absolute atomic E-state index is 0.0224. The number of aromatic nitrogens is 2. The van der Waals surface area contributed by atoms with Gasteiger partial charge in [0.05, 0.1) is 11.1 Å². The van der Waals surface area contributed by atoms with Crippen LogP contribution in [0.4, 0.5) is 5.82 Å². The predicted octanol–water partition coefficient (Wildman–Crippen LogP) is 9.24. The standard InChI is InChI=1S/C41H57N3O2/c1-25-17-20-41(36(45)46-24-28-13-11-10-12-14-28)22-21-39(7)30(33(41)26(25)2)15-16-32-38(6)23-29-34(43-27(3)44-35(29)42-9)37(4,5)31(38)18-19-40(32,39)8/h10-15,25-26,31-33H,16-24H2,1-9H3,(H,42,43,44)/t25-,26+,31+,32-,33+,38+,39-,40-,41+/m1/s1. The zero-order chi connectivity index (χ0) is 32.9. The second-order valence-electron chi connectivity index (χ2n) is 17.5. The second kappa shape index (κ2) is 10.7. The fourth-order valence-electron chi connectivity index (χ4n) is 12.6. The number of hydrogen-bond donors (Lipinski definition) is 1. The molecule has 2 aromatic rings. The van der Waals surface area contributed by atoms with E-state index in [1.165, 1.54) is 24.1 Å². The van der Waals surface area contributed by atoms with Gasteiger partial charge < -0.3 is 10.1 Å². The minimum atomic E-state index is -0.418. The third-order valence-electron chi connectivity index (χ3n) is 15.3. The summed E-state index contributed by atoms with van der Waals surface area (Å²) in [5.74, 6) is 4.34. The highest BCUT2D eigenvalue weighted by Crippen LogP contribution is 2.75. The van der Waals surface area contributed by atoms with Crippen LogP contribution in [0, 0.1) is 58.2 Å². The maximum atomic E-state index is 14.4. The summed E-state index contributed by atoms with van der Waals surface area (Å²) in [6.07, 6.45) is 11.3. The van der Waals surface area contributed by atoms with Gasteiger partial charge in [-0.15, -0.1) is 0 Å². The Bertz CT molecular complexity index is 1560. The van der Waals surface area contributed by atoms with Gasteiger partial charge in [0.25, 0.3) is 0 Å². The van der Waals surface area contributed by atoms with Gasteiger partial charge in [0, 0.05) is 18.0 Å². The lowest BCUT2D eigenvalue weighted by Gasteiger charge is -2.71. The van der Waals surface area contributed by atoms with Crippen molar-refractivity contribution in [3.63, 3.8) is 0 Å². The number of rotatable bonds is 4. The van der Waals surface area contributed by atoms with Crippen molar-refractivity contribution in [1.29, 1.82) is 0 Å². The van der Waals surface area contributed by atoms with E-state index in [1.807, 2.05) is 32.2 Å². The minimum Gasteiger partial charge on any atom is -0.460 e. The van der Waals surface area contributed by atoms with Crippen molar-refractivity contribution in [2.45, 2.75) is 119 Å². The number of carbonyl (C=O) groups is 1. The Labute approximate surface area is 277 Å².